The molecule has 3 heteroatoms. The van der Waals surface area contributed by atoms with Gasteiger partial charge >= 0.3 is 0 Å². The number of pyridine rings is 1. The molecule has 1 aliphatic heterocycles. The number of hydrogen-bond donors (Lipinski definition) is 0. The monoisotopic (exact) mass is 216 g/mol. The predicted molar refractivity (Wildman–Crippen MR) is 60.9 cm³/mol. The molecule has 2 atom stereocenters. The third kappa shape index (κ3) is 1.70. The first-order valence-corrected chi connectivity index (χ1v) is 6.06. The highest BCUT2D eigenvalue weighted by Gasteiger charge is 2.46. The van der Waals surface area contributed by atoms with E-state index in [4.69, 9.17) is 0 Å². The number of rotatable bonds is 2. The van der Waals surface area contributed by atoms with Crippen molar-refractivity contribution < 1.29 is 4.79 Å². The Morgan fingerprint density at radius 3 is 2.81 bits per heavy atom. The van der Waals surface area contributed by atoms with Crippen LogP contribution in [-0.2, 0) is 4.79 Å². The number of carbonyl (C=O) groups is 1. The highest BCUT2D eigenvalue weighted by Crippen LogP contribution is 2.47. The van der Waals surface area contributed by atoms with Gasteiger partial charge in [0.15, 0.2) is 0 Å². The molecule has 0 spiro atoms. The summed E-state index contributed by atoms with van der Waals surface area (Å²) in [7, 11) is 0. The van der Waals surface area contributed by atoms with Crippen molar-refractivity contribution in [1.82, 2.24) is 9.88 Å². The lowest BCUT2D eigenvalue weighted by Crippen LogP contribution is -2.29. The number of hydrogen-bond acceptors (Lipinski definition) is 2. The lowest BCUT2D eigenvalue weighted by molar-refractivity contribution is -0.131. The van der Waals surface area contributed by atoms with Crippen LogP contribution >= 0.6 is 0 Å². The molecule has 3 nitrogen and oxygen atoms in total. The third-order valence-electron chi connectivity index (χ3n) is 3.59. The summed E-state index contributed by atoms with van der Waals surface area (Å²) in [6.45, 7) is 1.93. The van der Waals surface area contributed by atoms with Crippen LogP contribution < -0.4 is 0 Å². The Kier molecular flexibility index (Phi) is 2.39. The van der Waals surface area contributed by atoms with Crippen LogP contribution in [0.2, 0.25) is 0 Å². The fraction of sp³-hybridized carbons (Fsp3) is 0.538. The molecule has 1 aromatic rings. The van der Waals surface area contributed by atoms with Gasteiger partial charge in [0.25, 0.3) is 0 Å². The topological polar surface area (TPSA) is 33.2 Å². The van der Waals surface area contributed by atoms with Crippen molar-refractivity contribution >= 4 is 5.91 Å². The quantitative estimate of drug-likeness (QED) is 0.755. The molecule has 0 radical (unpaired) electrons. The summed E-state index contributed by atoms with van der Waals surface area (Å²) >= 11 is 0. The van der Waals surface area contributed by atoms with Crippen LogP contribution in [0.15, 0.2) is 24.4 Å². The minimum Gasteiger partial charge on any atom is -0.342 e. The standard InChI is InChI=1S/C13H16N2O/c16-13(15-7-3-4-8-15)11-9-10(11)12-5-1-2-6-14-12/h1-2,5-6,10-11H,3-4,7-9H2/t10-,11-/m0/s1. The van der Waals surface area contributed by atoms with Gasteiger partial charge in [0, 0.05) is 36.8 Å². The molecular formula is C13H16N2O. The molecule has 2 aliphatic rings. The van der Waals surface area contributed by atoms with E-state index in [9.17, 15) is 4.79 Å². The second-order valence-corrected chi connectivity index (χ2v) is 4.74. The molecule has 2 heterocycles. The Morgan fingerprint density at radius 1 is 1.31 bits per heavy atom. The van der Waals surface area contributed by atoms with Gasteiger partial charge in [0.1, 0.15) is 0 Å². The van der Waals surface area contributed by atoms with E-state index in [1.54, 1.807) is 0 Å². The number of nitrogens with zero attached hydrogens (tertiary/aromatic N) is 2. The smallest absolute Gasteiger partial charge is 0.226 e. The SMILES string of the molecule is O=C([C@H]1C[C@@H]1c1ccccn1)N1CCCC1. The van der Waals surface area contributed by atoms with Gasteiger partial charge in [-0.05, 0) is 31.4 Å². The zero-order valence-electron chi connectivity index (χ0n) is 9.30. The van der Waals surface area contributed by atoms with Gasteiger partial charge in [-0.1, -0.05) is 6.07 Å². The van der Waals surface area contributed by atoms with Crippen LogP contribution in [-0.4, -0.2) is 28.9 Å². The van der Waals surface area contributed by atoms with Crippen LogP contribution in [0.25, 0.3) is 0 Å². The van der Waals surface area contributed by atoms with Crippen molar-refractivity contribution in [3.05, 3.63) is 30.1 Å². The van der Waals surface area contributed by atoms with E-state index in [2.05, 4.69) is 4.98 Å². The van der Waals surface area contributed by atoms with E-state index in [-0.39, 0.29) is 5.92 Å². The molecule has 1 saturated carbocycles. The number of carbonyl (C=O) groups excluding carboxylic acids is 1. The largest absolute Gasteiger partial charge is 0.342 e. The predicted octanol–water partition coefficient (Wildman–Crippen LogP) is 1.81. The Morgan fingerprint density at radius 2 is 2.12 bits per heavy atom. The minimum absolute atomic E-state index is 0.216. The summed E-state index contributed by atoms with van der Waals surface area (Å²) in [5.74, 6) is 0.954. The molecule has 2 fully saturated rings. The van der Waals surface area contributed by atoms with Crippen molar-refractivity contribution in [2.24, 2.45) is 5.92 Å². The van der Waals surface area contributed by atoms with Crippen LogP contribution in [0.3, 0.4) is 0 Å². The Bertz CT molecular complexity index is 384. The molecule has 3 rings (SSSR count). The zero-order valence-corrected chi connectivity index (χ0v) is 9.30. The van der Waals surface area contributed by atoms with Crippen LogP contribution in [0, 0.1) is 5.92 Å². The minimum atomic E-state index is 0.216. The zero-order chi connectivity index (χ0) is 11.0. The molecule has 0 bridgehead atoms. The molecule has 0 aromatic carbocycles. The van der Waals surface area contributed by atoms with E-state index in [0.717, 1.165) is 25.2 Å². The highest BCUT2D eigenvalue weighted by atomic mass is 16.2. The van der Waals surface area contributed by atoms with Crippen molar-refractivity contribution in [1.29, 1.82) is 0 Å². The van der Waals surface area contributed by atoms with E-state index in [0.29, 0.717) is 11.8 Å². The van der Waals surface area contributed by atoms with E-state index < -0.39 is 0 Å². The molecule has 1 amide bonds. The molecule has 1 aliphatic carbocycles. The molecule has 1 saturated heterocycles. The van der Waals surface area contributed by atoms with E-state index >= 15 is 0 Å². The Hall–Kier alpha value is -1.38. The molecule has 84 valence electrons. The summed E-state index contributed by atoms with van der Waals surface area (Å²) in [6, 6.07) is 5.95. The maximum atomic E-state index is 12.1. The average Bonchev–Trinajstić information content (AvgIpc) is 2.95. The van der Waals surface area contributed by atoms with Crippen LogP contribution in [0.5, 0.6) is 0 Å². The van der Waals surface area contributed by atoms with Gasteiger partial charge in [-0.2, -0.15) is 0 Å². The first kappa shape index (κ1) is 9.82. The Labute approximate surface area is 95.5 Å². The first-order valence-electron chi connectivity index (χ1n) is 6.06. The first-order chi connectivity index (χ1) is 7.86. The van der Waals surface area contributed by atoms with Gasteiger partial charge < -0.3 is 4.90 Å². The fourth-order valence-electron chi connectivity index (χ4n) is 2.56. The van der Waals surface area contributed by atoms with Crippen molar-refractivity contribution in [2.45, 2.75) is 25.2 Å². The maximum absolute atomic E-state index is 12.1. The number of aromatic nitrogens is 1. The van der Waals surface area contributed by atoms with Gasteiger partial charge in [0.2, 0.25) is 5.91 Å². The molecule has 0 unspecified atom stereocenters. The molecule has 1 aromatic heterocycles. The lowest BCUT2D eigenvalue weighted by Gasteiger charge is -2.14. The van der Waals surface area contributed by atoms with Gasteiger partial charge in [-0.25, -0.2) is 0 Å². The third-order valence-corrected chi connectivity index (χ3v) is 3.59. The fourth-order valence-corrected chi connectivity index (χ4v) is 2.56. The molecule has 0 N–H and O–H groups in total. The number of likely N-dealkylation sites (tertiary alicyclic amines) is 1. The van der Waals surface area contributed by atoms with Gasteiger partial charge in [-0.15, -0.1) is 0 Å². The Balaban J connectivity index is 1.65. The molecule has 16 heavy (non-hydrogen) atoms. The highest BCUT2D eigenvalue weighted by molar-refractivity contribution is 5.83. The summed E-state index contributed by atoms with van der Waals surface area (Å²) in [5.41, 5.74) is 1.08. The second kappa shape index (κ2) is 3.89. The van der Waals surface area contributed by atoms with Crippen LogP contribution in [0.4, 0.5) is 0 Å². The van der Waals surface area contributed by atoms with Crippen molar-refractivity contribution in [3.8, 4) is 0 Å². The van der Waals surface area contributed by atoms with Crippen LogP contribution in [0.1, 0.15) is 30.9 Å². The van der Waals surface area contributed by atoms with Gasteiger partial charge in [0.05, 0.1) is 0 Å². The summed E-state index contributed by atoms with van der Waals surface area (Å²) < 4.78 is 0. The lowest BCUT2D eigenvalue weighted by atomic mass is 10.2. The number of amides is 1. The summed E-state index contributed by atoms with van der Waals surface area (Å²) in [5, 5.41) is 0. The summed E-state index contributed by atoms with van der Waals surface area (Å²) in [4.78, 5) is 18.4. The van der Waals surface area contributed by atoms with Gasteiger partial charge in [-0.3, -0.25) is 9.78 Å². The molecular weight excluding hydrogens is 200 g/mol. The van der Waals surface area contributed by atoms with E-state index in [1.807, 2.05) is 29.3 Å². The van der Waals surface area contributed by atoms with Crippen molar-refractivity contribution in [2.75, 3.05) is 13.1 Å². The van der Waals surface area contributed by atoms with Crippen molar-refractivity contribution in [3.63, 3.8) is 0 Å². The second-order valence-electron chi connectivity index (χ2n) is 4.74. The average molecular weight is 216 g/mol. The maximum Gasteiger partial charge on any atom is 0.226 e. The van der Waals surface area contributed by atoms with E-state index in [1.165, 1.54) is 12.8 Å². The normalized spacial score (nSPS) is 28.1. The summed E-state index contributed by atoms with van der Waals surface area (Å²) in [6.07, 6.45) is 5.15.